The largest absolute Gasteiger partial charge is 0.338 e. The number of amides is 1. The van der Waals surface area contributed by atoms with Gasteiger partial charge in [-0.3, -0.25) is 10.1 Å². The summed E-state index contributed by atoms with van der Waals surface area (Å²) in [4.78, 5) is 23.1. The molecule has 0 fully saturated rings. The predicted molar refractivity (Wildman–Crippen MR) is 92.1 cm³/mol. The maximum Gasteiger partial charge on any atom is 0.240 e. The van der Waals surface area contributed by atoms with Gasteiger partial charge in [0.2, 0.25) is 11.8 Å². The highest BCUT2D eigenvalue weighted by Gasteiger charge is 2.20. The molecule has 3 aromatic heterocycles. The molecule has 0 bridgehead atoms. The monoisotopic (exact) mass is 348 g/mol. The van der Waals surface area contributed by atoms with Gasteiger partial charge < -0.3 is 4.52 Å². The first-order valence-electron chi connectivity index (χ1n) is 7.07. The molecule has 120 valence electrons. The van der Waals surface area contributed by atoms with Crippen LogP contribution in [-0.4, -0.2) is 26.3 Å². The van der Waals surface area contributed by atoms with Gasteiger partial charge in [0.25, 0.3) is 0 Å². The van der Waals surface area contributed by atoms with E-state index in [-0.39, 0.29) is 11.2 Å². The molecular formula is C15H16N4O2S2. The van der Waals surface area contributed by atoms with Crippen molar-refractivity contribution in [2.45, 2.75) is 38.0 Å². The van der Waals surface area contributed by atoms with E-state index in [9.17, 15) is 4.79 Å². The average molecular weight is 348 g/mol. The predicted octanol–water partition coefficient (Wildman–Crippen LogP) is 3.72. The minimum Gasteiger partial charge on any atom is -0.338 e. The van der Waals surface area contributed by atoms with E-state index >= 15 is 0 Å². The molecule has 0 aromatic carbocycles. The van der Waals surface area contributed by atoms with Crippen LogP contribution in [0.1, 0.15) is 23.1 Å². The number of anilines is 1. The van der Waals surface area contributed by atoms with Crippen LogP contribution >= 0.6 is 23.1 Å². The zero-order chi connectivity index (χ0) is 16.6. The van der Waals surface area contributed by atoms with E-state index in [1.54, 1.807) is 30.7 Å². The van der Waals surface area contributed by atoms with E-state index in [1.807, 2.05) is 6.92 Å². The summed E-state index contributed by atoms with van der Waals surface area (Å²) in [5.41, 5.74) is 1.90. The van der Waals surface area contributed by atoms with Crippen molar-refractivity contribution in [3.8, 4) is 0 Å². The fraction of sp³-hybridized carbons (Fsp3) is 0.333. The highest BCUT2D eigenvalue weighted by molar-refractivity contribution is 8.00. The van der Waals surface area contributed by atoms with E-state index in [0.717, 1.165) is 20.9 Å². The Balaban J connectivity index is 1.80. The molecule has 0 saturated carbocycles. The van der Waals surface area contributed by atoms with Gasteiger partial charge in [0.05, 0.1) is 10.9 Å². The number of hydrogen-bond donors (Lipinski definition) is 1. The molecule has 1 N–H and O–H groups in total. The number of rotatable bonds is 4. The third kappa shape index (κ3) is 3.23. The van der Waals surface area contributed by atoms with Gasteiger partial charge in [-0.1, -0.05) is 16.9 Å². The number of nitrogens with one attached hydrogen (secondary N) is 1. The Bertz CT molecular complexity index is 872. The van der Waals surface area contributed by atoms with Crippen molar-refractivity contribution in [1.29, 1.82) is 0 Å². The lowest BCUT2D eigenvalue weighted by Gasteiger charge is -2.10. The summed E-state index contributed by atoms with van der Waals surface area (Å²) in [6, 6.07) is 1.69. The normalized spacial score (nSPS) is 12.5. The summed E-state index contributed by atoms with van der Waals surface area (Å²) in [6.45, 7) is 7.77. The molecule has 0 aliphatic rings. The van der Waals surface area contributed by atoms with Gasteiger partial charge in [-0.2, -0.15) is 0 Å². The molecule has 1 unspecified atom stereocenters. The lowest BCUT2D eigenvalue weighted by molar-refractivity contribution is -0.115. The van der Waals surface area contributed by atoms with Gasteiger partial charge >= 0.3 is 0 Å². The Hall–Kier alpha value is -1.93. The standard InChI is InChI=1S/C15H16N4O2S2/c1-7-5-11(21-19-7)18-13(20)10(4)23-15-12-8(2)9(3)22-14(12)16-6-17-15/h5-6,10H,1-4H3,(H,18,20). The fourth-order valence-corrected chi connectivity index (χ4v) is 4.14. The Morgan fingerprint density at radius 3 is 2.83 bits per heavy atom. The summed E-state index contributed by atoms with van der Waals surface area (Å²) in [6.07, 6.45) is 1.55. The molecule has 8 heteroatoms. The van der Waals surface area contributed by atoms with Crippen LogP contribution in [0.5, 0.6) is 0 Å². The molecule has 3 heterocycles. The molecule has 6 nitrogen and oxygen atoms in total. The average Bonchev–Trinajstić information content (AvgIpc) is 3.03. The molecule has 3 aromatic rings. The van der Waals surface area contributed by atoms with Gasteiger partial charge in [0, 0.05) is 16.3 Å². The minimum atomic E-state index is -0.321. The van der Waals surface area contributed by atoms with E-state index in [1.165, 1.54) is 22.2 Å². The fourth-order valence-electron chi connectivity index (χ4n) is 2.11. The molecular weight excluding hydrogens is 332 g/mol. The third-order valence-electron chi connectivity index (χ3n) is 3.46. The summed E-state index contributed by atoms with van der Waals surface area (Å²) >= 11 is 3.06. The van der Waals surface area contributed by atoms with E-state index in [2.05, 4.69) is 34.3 Å². The molecule has 23 heavy (non-hydrogen) atoms. The first-order valence-corrected chi connectivity index (χ1v) is 8.77. The number of fused-ring (bicyclic) bond motifs is 1. The molecule has 0 radical (unpaired) electrons. The summed E-state index contributed by atoms with van der Waals surface area (Å²) in [7, 11) is 0. The van der Waals surface area contributed by atoms with Gasteiger partial charge in [-0.15, -0.1) is 11.3 Å². The zero-order valence-electron chi connectivity index (χ0n) is 13.2. The van der Waals surface area contributed by atoms with Gasteiger partial charge in [-0.25, -0.2) is 9.97 Å². The second kappa shape index (κ2) is 6.29. The van der Waals surface area contributed by atoms with Crippen LogP contribution in [0.3, 0.4) is 0 Å². The molecule has 1 atom stereocenters. The minimum absolute atomic E-state index is 0.150. The van der Waals surface area contributed by atoms with Crippen LogP contribution in [0.4, 0.5) is 5.88 Å². The van der Waals surface area contributed by atoms with Crippen LogP contribution in [0, 0.1) is 20.8 Å². The zero-order valence-corrected chi connectivity index (χ0v) is 14.8. The second-order valence-corrected chi connectivity index (χ2v) is 7.76. The van der Waals surface area contributed by atoms with E-state index in [4.69, 9.17) is 4.52 Å². The number of aromatic nitrogens is 3. The molecule has 0 aliphatic carbocycles. The van der Waals surface area contributed by atoms with Gasteiger partial charge in [0.1, 0.15) is 16.2 Å². The third-order valence-corrected chi connectivity index (χ3v) is 5.68. The number of thiophene rings is 1. The van der Waals surface area contributed by atoms with Crippen molar-refractivity contribution in [2.24, 2.45) is 0 Å². The summed E-state index contributed by atoms with van der Waals surface area (Å²) < 4.78 is 5.01. The Morgan fingerprint density at radius 1 is 1.35 bits per heavy atom. The smallest absolute Gasteiger partial charge is 0.240 e. The highest BCUT2D eigenvalue weighted by atomic mass is 32.2. The van der Waals surface area contributed by atoms with Gasteiger partial charge in [0.15, 0.2) is 0 Å². The number of nitrogens with zero attached hydrogens (tertiary/aromatic N) is 3. The first kappa shape index (κ1) is 15.9. The number of thioether (sulfide) groups is 1. The molecule has 1 amide bonds. The van der Waals surface area contributed by atoms with Crippen LogP contribution in [0.2, 0.25) is 0 Å². The van der Waals surface area contributed by atoms with Crippen molar-refractivity contribution in [1.82, 2.24) is 15.1 Å². The molecule has 0 spiro atoms. The van der Waals surface area contributed by atoms with Crippen LogP contribution < -0.4 is 5.32 Å². The van der Waals surface area contributed by atoms with Crippen LogP contribution in [0.25, 0.3) is 10.2 Å². The van der Waals surface area contributed by atoms with E-state index < -0.39 is 0 Å². The van der Waals surface area contributed by atoms with Crippen molar-refractivity contribution in [3.63, 3.8) is 0 Å². The number of carbonyl (C=O) groups is 1. The Kier molecular flexibility index (Phi) is 4.36. The SMILES string of the molecule is Cc1cc(NC(=O)C(C)Sc2ncnc3sc(C)c(C)c23)on1. The highest BCUT2D eigenvalue weighted by Crippen LogP contribution is 2.36. The van der Waals surface area contributed by atoms with Crippen molar-refractivity contribution < 1.29 is 9.32 Å². The lowest BCUT2D eigenvalue weighted by atomic mass is 10.2. The topological polar surface area (TPSA) is 80.9 Å². The lowest BCUT2D eigenvalue weighted by Crippen LogP contribution is -2.22. The maximum absolute atomic E-state index is 12.3. The molecule has 0 saturated heterocycles. The number of hydrogen-bond acceptors (Lipinski definition) is 7. The Labute approximate surface area is 141 Å². The van der Waals surface area contributed by atoms with Crippen LogP contribution in [0.15, 0.2) is 21.9 Å². The maximum atomic E-state index is 12.3. The first-order chi connectivity index (χ1) is 11.0. The van der Waals surface area contributed by atoms with Crippen LogP contribution in [-0.2, 0) is 4.79 Å². The van der Waals surface area contributed by atoms with Crippen molar-refractivity contribution in [3.05, 3.63) is 28.5 Å². The summed E-state index contributed by atoms with van der Waals surface area (Å²) in [5.74, 6) is 0.206. The number of aryl methyl sites for hydroxylation is 3. The summed E-state index contributed by atoms with van der Waals surface area (Å²) in [5, 5.41) is 8.02. The van der Waals surface area contributed by atoms with E-state index in [0.29, 0.717) is 5.88 Å². The quantitative estimate of drug-likeness (QED) is 0.571. The Morgan fingerprint density at radius 2 is 2.13 bits per heavy atom. The van der Waals surface area contributed by atoms with Crippen molar-refractivity contribution in [2.75, 3.05) is 5.32 Å². The molecule has 3 rings (SSSR count). The van der Waals surface area contributed by atoms with Gasteiger partial charge in [-0.05, 0) is 33.3 Å². The number of carbonyl (C=O) groups excluding carboxylic acids is 1. The molecule has 0 aliphatic heterocycles. The second-order valence-electron chi connectivity index (χ2n) is 5.22. The van der Waals surface area contributed by atoms with Crippen molar-refractivity contribution >= 4 is 45.1 Å².